The summed E-state index contributed by atoms with van der Waals surface area (Å²) < 4.78 is 5.28. The largest absolute Gasteiger partial charge is 0.496 e. The van der Waals surface area contributed by atoms with Crippen LogP contribution in [-0.2, 0) is 6.54 Å². The highest BCUT2D eigenvalue weighted by Crippen LogP contribution is 2.27. The van der Waals surface area contributed by atoms with E-state index < -0.39 is 0 Å². The van der Waals surface area contributed by atoms with Crippen LogP contribution in [0.15, 0.2) is 30.3 Å². The predicted molar refractivity (Wildman–Crippen MR) is 63.1 cm³/mol. The monoisotopic (exact) mass is 201 g/mol. The molecule has 78 valence electrons. The minimum absolute atomic E-state index is 0.584. The number of ether oxygens (including phenoxy) is 1. The molecule has 2 nitrogen and oxygen atoms in total. The van der Waals surface area contributed by atoms with E-state index in [0.29, 0.717) is 6.54 Å². The second-order valence-electron chi connectivity index (χ2n) is 3.65. The third-order valence-corrected chi connectivity index (χ3v) is 2.76. The lowest BCUT2D eigenvalue weighted by molar-refractivity contribution is 0.412. The van der Waals surface area contributed by atoms with Crippen molar-refractivity contribution in [2.45, 2.75) is 13.5 Å². The summed E-state index contributed by atoms with van der Waals surface area (Å²) in [5.74, 6) is 0.933. The molecule has 0 heterocycles. The third-order valence-electron chi connectivity index (χ3n) is 2.76. The van der Waals surface area contributed by atoms with E-state index in [4.69, 9.17) is 10.5 Å². The van der Waals surface area contributed by atoms with Crippen molar-refractivity contribution in [2.75, 3.05) is 7.11 Å². The topological polar surface area (TPSA) is 35.2 Å². The molecule has 0 saturated carbocycles. The van der Waals surface area contributed by atoms with Gasteiger partial charge in [0.05, 0.1) is 7.11 Å². The summed E-state index contributed by atoms with van der Waals surface area (Å²) in [6, 6.07) is 10.4. The Hall–Kier alpha value is -1.54. The molecular weight excluding hydrogens is 186 g/mol. The van der Waals surface area contributed by atoms with Crippen LogP contribution in [0.25, 0.3) is 10.8 Å². The summed E-state index contributed by atoms with van der Waals surface area (Å²) in [6.45, 7) is 2.66. The third kappa shape index (κ3) is 1.68. The zero-order valence-electron chi connectivity index (χ0n) is 9.08. The van der Waals surface area contributed by atoms with Gasteiger partial charge in [-0.3, -0.25) is 0 Å². The highest BCUT2D eigenvalue weighted by atomic mass is 16.5. The van der Waals surface area contributed by atoms with E-state index in [2.05, 4.69) is 31.2 Å². The van der Waals surface area contributed by atoms with Crippen molar-refractivity contribution in [2.24, 2.45) is 5.73 Å². The van der Waals surface area contributed by atoms with Gasteiger partial charge in [-0.25, -0.2) is 0 Å². The van der Waals surface area contributed by atoms with Crippen LogP contribution in [0.5, 0.6) is 5.75 Å². The molecule has 2 heteroatoms. The van der Waals surface area contributed by atoms with Gasteiger partial charge in [-0.05, 0) is 41.0 Å². The first-order valence-corrected chi connectivity index (χ1v) is 5.02. The van der Waals surface area contributed by atoms with Crippen LogP contribution in [0.4, 0.5) is 0 Å². The molecule has 2 rings (SSSR count). The van der Waals surface area contributed by atoms with Crippen molar-refractivity contribution in [3.8, 4) is 5.75 Å². The van der Waals surface area contributed by atoms with Crippen LogP contribution < -0.4 is 10.5 Å². The Kier molecular flexibility index (Phi) is 2.60. The molecule has 2 aromatic rings. The Bertz CT molecular complexity index is 491. The molecule has 0 aliphatic rings. The molecule has 0 radical (unpaired) electrons. The zero-order chi connectivity index (χ0) is 10.8. The minimum Gasteiger partial charge on any atom is -0.496 e. The quantitative estimate of drug-likeness (QED) is 0.810. The lowest BCUT2D eigenvalue weighted by atomic mass is 10.0. The summed E-state index contributed by atoms with van der Waals surface area (Å²) in [5.41, 5.74) is 7.95. The molecule has 0 atom stereocenters. The average molecular weight is 201 g/mol. The van der Waals surface area contributed by atoms with Crippen LogP contribution >= 0.6 is 0 Å². The predicted octanol–water partition coefficient (Wildman–Crippen LogP) is 2.62. The van der Waals surface area contributed by atoms with E-state index in [1.807, 2.05) is 6.07 Å². The summed E-state index contributed by atoms with van der Waals surface area (Å²) in [7, 11) is 1.70. The molecule has 15 heavy (non-hydrogen) atoms. The first kappa shape index (κ1) is 9.99. The van der Waals surface area contributed by atoms with Crippen LogP contribution in [0.2, 0.25) is 0 Å². The van der Waals surface area contributed by atoms with E-state index in [1.165, 1.54) is 16.3 Å². The lowest BCUT2D eigenvalue weighted by Crippen LogP contribution is -1.96. The second kappa shape index (κ2) is 3.91. The standard InChI is InChI=1S/C13H15NO/c1-9-12-5-3-10(8-14)7-11(12)4-6-13(9)15-2/h3-7H,8,14H2,1-2H3. The van der Waals surface area contributed by atoms with Crippen LogP contribution in [-0.4, -0.2) is 7.11 Å². The Morgan fingerprint density at radius 1 is 1.20 bits per heavy atom. The first-order valence-electron chi connectivity index (χ1n) is 5.02. The van der Waals surface area contributed by atoms with Gasteiger partial charge in [0.2, 0.25) is 0 Å². The van der Waals surface area contributed by atoms with E-state index in [-0.39, 0.29) is 0 Å². The maximum Gasteiger partial charge on any atom is 0.122 e. The molecule has 0 saturated heterocycles. The minimum atomic E-state index is 0.584. The summed E-state index contributed by atoms with van der Waals surface area (Å²) in [4.78, 5) is 0. The number of aryl methyl sites for hydroxylation is 1. The fourth-order valence-corrected chi connectivity index (χ4v) is 1.86. The number of nitrogens with two attached hydrogens (primary N) is 1. The molecule has 0 aliphatic heterocycles. The van der Waals surface area contributed by atoms with E-state index in [1.54, 1.807) is 7.11 Å². The molecule has 0 bridgehead atoms. The Balaban J connectivity index is 2.68. The molecule has 0 spiro atoms. The maximum atomic E-state index is 5.61. The van der Waals surface area contributed by atoms with E-state index in [0.717, 1.165) is 11.3 Å². The number of rotatable bonds is 2. The highest BCUT2D eigenvalue weighted by Gasteiger charge is 2.03. The van der Waals surface area contributed by atoms with Crippen LogP contribution in [0.3, 0.4) is 0 Å². The van der Waals surface area contributed by atoms with Gasteiger partial charge in [0.15, 0.2) is 0 Å². The molecule has 2 N–H and O–H groups in total. The van der Waals surface area contributed by atoms with Crippen molar-refractivity contribution >= 4 is 10.8 Å². The normalized spacial score (nSPS) is 10.6. The van der Waals surface area contributed by atoms with Crippen molar-refractivity contribution in [1.82, 2.24) is 0 Å². The molecule has 0 aromatic heterocycles. The van der Waals surface area contributed by atoms with E-state index >= 15 is 0 Å². The van der Waals surface area contributed by atoms with Gasteiger partial charge in [-0.2, -0.15) is 0 Å². The smallest absolute Gasteiger partial charge is 0.122 e. The lowest BCUT2D eigenvalue weighted by Gasteiger charge is -2.09. The Labute approximate surface area is 89.7 Å². The first-order chi connectivity index (χ1) is 7.26. The SMILES string of the molecule is COc1ccc2cc(CN)ccc2c1C. The van der Waals surface area contributed by atoms with Gasteiger partial charge in [0, 0.05) is 6.54 Å². The fraction of sp³-hybridized carbons (Fsp3) is 0.231. The second-order valence-corrected chi connectivity index (χ2v) is 3.65. The van der Waals surface area contributed by atoms with Gasteiger partial charge in [0.1, 0.15) is 5.75 Å². The van der Waals surface area contributed by atoms with Gasteiger partial charge < -0.3 is 10.5 Å². The number of hydrogen-bond acceptors (Lipinski definition) is 2. The fourth-order valence-electron chi connectivity index (χ4n) is 1.86. The van der Waals surface area contributed by atoms with Crippen molar-refractivity contribution < 1.29 is 4.74 Å². The molecule has 2 aromatic carbocycles. The number of benzene rings is 2. The van der Waals surface area contributed by atoms with Gasteiger partial charge >= 0.3 is 0 Å². The molecular formula is C13H15NO. The van der Waals surface area contributed by atoms with Gasteiger partial charge in [-0.15, -0.1) is 0 Å². The summed E-state index contributed by atoms with van der Waals surface area (Å²) in [6.07, 6.45) is 0. The van der Waals surface area contributed by atoms with Crippen molar-refractivity contribution in [3.63, 3.8) is 0 Å². The van der Waals surface area contributed by atoms with Crippen molar-refractivity contribution in [1.29, 1.82) is 0 Å². The van der Waals surface area contributed by atoms with Crippen LogP contribution in [0.1, 0.15) is 11.1 Å². The summed E-state index contributed by atoms with van der Waals surface area (Å²) in [5, 5.41) is 2.45. The number of fused-ring (bicyclic) bond motifs is 1. The molecule has 0 fully saturated rings. The number of hydrogen-bond donors (Lipinski definition) is 1. The van der Waals surface area contributed by atoms with E-state index in [9.17, 15) is 0 Å². The zero-order valence-corrected chi connectivity index (χ0v) is 9.08. The Morgan fingerprint density at radius 3 is 2.67 bits per heavy atom. The van der Waals surface area contributed by atoms with Crippen molar-refractivity contribution in [3.05, 3.63) is 41.5 Å². The Morgan fingerprint density at radius 2 is 2.00 bits per heavy atom. The van der Waals surface area contributed by atoms with Crippen LogP contribution in [0, 0.1) is 6.92 Å². The summed E-state index contributed by atoms with van der Waals surface area (Å²) >= 11 is 0. The highest BCUT2D eigenvalue weighted by molar-refractivity contribution is 5.88. The molecule has 0 amide bonds. The molecule has 0 unspecified atom stereocenters. The van der Waals surface area contributed by atoms with Gasteiger partial charge in [-0.1, -0.05) is 18.2 Å². The number of methoxy groups -OCH3 is 1. The average Bonchev–Trinajstić information content (AvgIpc) is 2.29. The van der Waals surface area contributed by atoms with Gasteiger partial charge in [0.25, 0.3) is 0 Å². The maximum absolute atomic E-state index is 5.61. The molecule has 0 aliphatic carbocycles.